The predicted octanol–water partition coefficient (Wildman–Crippen LogP) is 1.60. The minimum atomic E-state index is 0. The Bertz CT molecular complexity index is 151. The molecular weight excluding hydrogens is 164 g/mol. The first-order valence-corrected chi connectivity index (χ1v) is 2.61. The molecule has 0 aromatic heterocycles. The largest absolute Gasteiger partial charge is 0.281 e. The van der Waals surface area contributed by atoms with Crippen LogP contribution >= 0.6 is 0 Å². The summed E-state index contributed by atoms with van der Waals surface area (Å²) in [5, 5.41) is 0. The van der Waals surface area contributed by atoms with Crippen LogP contribution in [-0.2, 0) is 22.2 Å². The van der Waals surface area contributed by atoms with Crippen LogP contribution in [0.3, 0.4) is 0 Å². The van der Waals surface area contributed by atoms with Gasteiger partial charge in [0.1, 0.15) is 0 Å². The first-order valence-electron chi connectivity index (χ1n) is 2.61. The van der Waals surface area contributed by atoms with Gasteiger partial charge in [0.25, 0.3) is 6.79 Å². The van der Waals surface area contributed by atoms with E-state index in [2.05, 4.69) is 25.8 Å². The van der Waals surface area contributed by atoms with Crippen molar-refractivity contribution in [2.75, 3.05) is 0 Å². The summed E-state index contributed by atoms with van der Waals surface area (Å²) in [5.74, 6) is 0. The van der Waals surface area contributed by atoms with Gasteiger partial charge in [-0.2, -0.15) is 0 Å². The van der Waals surface area contributed by atoms with E-state index in [1.807, 2.05) is 18.2 Å². The molecule has 0 saturated carbocycles. The van der Waals surface area contributed by atoms with Gasteiger partial charge >= 0.3 is 0 Å². The third-order valence-electron chi connectivity index (χ3n) is 0.940. The van der Waals surface area contributed by atoms with Crippen LogP contribution in [0.25, 0.3) is 0 Å². The summed E-state index contributed by atoms with van der Waals surface area (Å²) in [6.45, 7) is 6.58. The fourth-order valence-electron chi connectivity index (χ4n) is 0.534. The van der Waals surface area contributed by atoms with E-state index in [4.69, 9.17) is 4.79 Å². The van der Waals surface area contributed by atoms with Crippen molar-refractivity contribution in [1.29, 1.82) is 0 Å². The Morgan fingerprint density at radius 3 is 1.70 bits per heavy atom. The first-order chi connectivity index (χ1) is 4.39. The average molecular weight is 172 g/mol. The van der Waals surface area contributed by atoms with Crippen LogP contribution in [-0.4, -0.2) is 6.79 Å². The van der Waals surface area contributed by atoms with Crippen LogP contribution in [0.15, 0.2) is 30.3 Å². The maximum atomic E-state index is 7.50. The van der Waals surface area contributed by atoms with Gasteiger partial charge in [-0.15, -0.1) is 0 Å². The fourth-order valence-corrected chi connectivity index (χ4v) is 0.534. The summed E-state index contributed by atoms with van der Waals surface area (Å²) in [4.78, 5) is 7.50. The van der Waals surface area contributed by atoms with Gasteiger partial charge in [-0.05, 0) is 6.92 Å². The van der Waals surface area contributed by atoms with E-state index in [9.17, 15) is 0 Å². The van der Waals surface area contributed by atoms with Crippen LogP contribution in [0.4, 0.5) is 0 Å². The van der Waals surface area contributed by atoms with Gasteiger partial charge in [-0.3, -0.25) is 4.79 Å². The van der Waals surface area contributed by atoms with Crippen molar-refractivity contribution in [3.05, 3.63) is 35.9 Å². The summed E-state index contributed by atoms with van der Waals surface area (Å²) in [7, 11) is 0. The Balaban J connectivity index is 0. The predicted molar refractivity (Wildman–Crippen MR) is 36.9 cm³/mol. The molecule has 0 aliphatic heterocycles. The van der Waals surface area contributed by atoms with E-state index in [0.717, 1.165) is 0 Å². The van der Waals surface area contributed by atoms with Crippen LogP contribution in [0.5, 0.6) is 0 Å². The van der Waals surface area contributed by atoms with Crippen molar-refractivity contribution >= 4 is 6.79 Å². The van der Waals surface area contributed by atoms with E-state index in [1.54, 1.807) is 0 Å². The topological polar surface area (TPSA) is 17.1 Å². The first kappa shape index (κ1) is 12.1. The Labute approximate surface area is 72.2 Å². The number of hydrogen-bond acceptors (Lipinski definition) is 1. The molecule has 1 rings (SSSR count). The molecule has 52 valence electrons. The van der Waals surface area contributed by atoms with Gasteiger partial charge < -0.3 is 0 Å². The van der Waals surface area contributed by atoms with Crippen molar-refractivity contribution < 1.29 is 22.2 Å². The summed E-state index contributed by atoms with van der Waals surface area (Å²) in [6, 6.07) is 10.3. The molecule has 0 spiro atoms. The molecule has 0 atom stereocenters. The smallest absolute Gasteiger partial charge is 0.281 e. The van der Waals surface area contributed by atoms with Gasteiger partial charge in [0.2, 0.25) is 0 Å². The molecular formula is C8H8CrO. The molecule has 0 amide bonds. The minimum Gasteiger partial charge on any atom is -0.281 e. The van der Waals surface area contributed by atoms with Crippen LogP contribution in [0, 0.1) is 6.92 Å². The SMILES string of the molecule is Cc1ccccc1.[C]=O.[Cr]. The van der Waals surface area contributed by atoms with Crippen molar-refractivity contribution in [1.82, 2.24) is 0 Å². The zero-order valence-electron chi connectivity index (χ0n) is 5.70. The Morgan fingerprint density at radius 2 is 1.50 bits per heavy atom. The Hall–Kier alpha value is -0.578. The van der Waals surface area contributed by atoms with Gasteiger partial charge in [0.05, 0.1) is 0 Å². The minimum absolute atomic E-state index is 0. The zero-order chi connectivity index (χ0) is 7.11. The van der Waals surface area contributed by atoms with Gasteiger partial charge in [0.15, 0.2) is 0 Å². The molecule has 1 nitrogen and oxygen atoms in total. The maximum absolute atomic E-state index is 7.50. The molecule has 0 aliphatic rings. The molecule has 1 aromatic carbocycles. The van der Waals surface area contributed by atoms with Gasteiger partial charge in [0, 0.05) is 17.4 Å². The van der Waals surface area contributed by atoms with Crippen molar-refractivity contribution in [3.8, 4) is 0 Å². The number of benzene rings is 1. The molecule has 0 heterocycles. The van der Waals surface area contributed by atoms with E-state index in [1.165, 1.54) is 5.56 Å². The second-order valence-corrected chi connectivity index (χ2v) is 1.65. The molecule has 0 unspecified atom stereocenters. The number of hydrogen-bond donors (Lipinski definition) is 0. The summed E-state index contributed by atoms with van der Waals surface area (Å²) < 4.78 is 0. The number of rotatable bonds is 0. The Morgan fingerprint density at radius 1 is 1.10 bits per heavy atom. The molecule has 1 aromatic rings. The van der Waals surface area contributed by atoms with E-state index in [0.29, 0.717) is 0 Å². The van der Waals surface area contributed by atoms with Crippen LogP contribution < -0.4 is 0 Å². The number of carbonyl (C=O) groups excluding carboxylic acids is 1. The summed E-state index contributed by atoms with van der Waals surface area (Å²) in [5.41, 5.74) is 1.32. The Kier molecular flexibility index (Phi) is 10.2. The normalized spacial score (nSPS) is 6.50. The second-order valence-electron chi connectivity index (χ2n) is 1.65. The summed E-state index contributed by atoms with van der Waals surface area (Å²) >= 11 is 0. The molecule has 2 heteroatoms. The molecule has 0 N–H and O–H groups in total. The zero-order valence-corrected chi connectivity index (χ0v) is 6.98. The molecule has 0 saturated heterocycles. The summed E-state index contributed by atoms with van der Waals surface area (Å²) in [6.07, 6.45) is 0. The quantitative estimate of drug-likeness (QED) is 0.580. The van der Waals surface area contributed by atoms with Crippen molar-refractivity contribution in [2.24, 2.45) is 0 Å². The van der Waals surface area contributed by atoms with E-state index < -0.39 is 0 Å². The van der Waals surface area contributed by atoms with Gasteiger partial charge in [-0.25, -0.2) is 0 Å². The molecule has 2 radical (unpaired) electrons. The van der Waals surface area contributed by atoms with Crippen LogP contribution in [0.1, 0.15) is 5.56 Å². The number of aryl methyl sites for hydroxylation is 1. The molecule has 0 aliphatic carbocycles. The third-order valence-corrected chi connectivity index (χ3v) is 0.940. The van der Waals surface area contributed by atoms with E-state index in [-0.39, 0.29) is 17.4 Å². The van der Waals surface area contributed by atoms with Crippen LogP contribution in [0.2, 0.25) is 0 Å². The average Bonchev–Trinajstić information content (AvgIpc) is 1.94. The second kappa shape index (κ2) is 8.42. The fraction of sp³-hybridized carbons (Fsp3) is 0.125. The maximum Gasteiger partial charge on any atom is 0.281 e. The molecule has 0 bridgehead atoms. The van der Waals surface area contributed by atoms with Crippen molar-refractivity contribution in [2.45, 2.75) is 6.92 Å². The third kappa shape index (κ3) is 5.56. The van der Waals surface area contributed by atoms with E-state index >= 15 is 0 Å². The monoisotopic (exact) mass is 172 g/mol. The molecule has 0 fully saturated rings. The molecule has 10 heavy (non-hydrogen) atoms. The van der Waals surface area contributed by atoms with Crippen molar-refractivity contribution in [3.63, 3.8) is 0 Å². The van der Waals surface area contributed by atoms with Gasteiger partial charge in [-0.1, -0.05) is 35.9 Å². The standard InChI is InChI=1S/C7H8.CO.Cr/c1-7-5-3-2-4-6-7;1-2;/h2-6H,1H3;;.